The number of aryl methyl sites for hydroxylation is 1. The highest BCUT2D eigenvalue weighted by Gasteiger charge is 2.30. The van der Waals surface area contributed by atoms with Gasteiger partial charge in [-0.15, -0.1) is 0 Å². The minimum atomic E-state index is -0.430. The number of rotatable bonds is 7. The van der Waals surface area contributed by atoms with Gasteiger partial charge in [0, 0.05) is 30.8 Å². The number of carbonyl (C=O) groups is 1. The molecule has 1 atom stereocenters. The second kappa shape index (κ2) is 7.39. The molecule has 0 bridgehead atoms. The zero-order valence-corrected chi connectivity index (χ0v) is 12.9. The first kappa shape index (κ1) is 16.6. The first-order chi connectivity index (χ1) is 9.33. The fourth-order valence-electron chi connectivity index (χ4n) is 2.23. The number of hydrogen-bond donors (Lipinski definition) is 2. The number of hydrogen-bond acceptors (Lipinski definition) is 3. The van der Waals surface area contributed by atoms with E-state index < -0.39 is 6.10 Å². The van der Waals surface area contributed by atoms with Gasteiger partial charge in [0.1, 0.15) is 0 Å². The maximum atomic E-state index is 11.8. The molecule has 0 spiro atoms. The van der Waals surface area contributed by atoms with E-state index >= 15 is 0 Å². The number of aliphatic hydroxyl groups excluding tert-OH is 1. The van der Waals surface area contributed by atoms with E-state index in [4.69, 9.17) is 0 Å². The quantitative estimate of drug-likeness (QED) is 0.803. The van der Waals surface area contributed by atoms with Crippen LogP contribution in [0, 0.1) is 11.3 Å². The van der Waals surface area contributed by atoms with Gasteiger partial charge >= 0.3 is 0 Å². The van der Waals surface area contributed by atoms with Gasteiger partial charge in [-0.05, 0) is 24.0 Å². The van der Waals surface area contributed by atoms with E-state index in [9.17, 15) is 9.90 Å². The molecule has 0 radical (unpaired) electrons. The molecular formula is C16H26N2O2. The van der Waals surface area contributed by atoms with Crippen LogP contribution in [-0.4, -0.2) is 28.6 Å². The summed E-state index contributed by atoms with van der Waals surface area (Å²) in [5.41, 5.74) is 0.738. The van der Waals surface area contributed by atoms with Crippen LogP contribution in [0.4, 0.5) is 0 Å². The number of aromatic nitrogens is 1. The molecule has 4 heteroatoms. The minimum absolute atomic E-state index is 0.0119. The molecule has 0 aliphatic heterocycles. The van der Waals surface area contributed by atoms with Gasteiger partial charge in [0.05, 0.1) is 6.10 Å². The van der Waals surface area contributed by atoms with E-state index in [1.54, 1.807) is 12.4 Å². The Hall–Kier alpha value is -1.42. The summed E-state index contributed by atoms with van der Waals surface area (Å²) in [6.45, 7) is 8.39. The van der Waals surface area contributed by atoms with Gasteiger partial charge in [-0.25, -0.2) is 0 Å². The number of nitrogens with one attached hydrogen (secondary N) is 1. The Labute approximate surface area is 121 Å². The fourth-order valence-corrected chi connectivity index (χ4v) is 2.23. The monoisotopic (exact) mass is 278 g/mol. The molecule has 2 N–H and O–H groups in total. The average molecular weight is 278 g/mol. The zero-order chi connectivity index (χ0) is 15.2. The molecule has 1 heterocycles. The predicted octanol–water partition coefficient (Wildman–Crippen LogP) is 2.17. The molecule has 0 fully saturated rings. The second-order valence-corrected chi connectivity index (χ2v) is 6.32. The topological polar surface area (TPSA) is 62.2 Å². The number of carbonyl (C=O) groups excluding carboxylic acids is 1. The maximum absolute atomic E-state index is 11.8. The Bertz CT molecular complexity index is 416. The van der Waals surface area contributed by atoms with Crippen molar-refractivity contribution in [2.45, 2.75) is 46.6 Å². The predicted molar refractivity (Wildman–Crippen MR) is 80.2 cm³/mol. The normalized spacial score (nSPS) is 13.3. The molecule has 0 saturated carbocycles. The number of aliphatic hydroxyl groups is 1. The highest BCUT2D eigenvalue weighted by Crippen LogP contribution is 2.25. The zero-order valence-electron chi connectivity index (χ0n) is 12.9. The average Bonchev–Trinajstić information content (AvgIpc) is 2.43. The molecule has 1 aromatic heterocycles. The molecule has 0 aromatic carbocycles. The van der Waals surface area contributed by atoms with Gasteiger partial charge in [-0.2, -0.15) is 0 Å². The SMILES string of the molecule is CC(C)C(O)C(C)(C)CNC(=O)CCc1cccnc1. The second-order valence-electron chi connectivity index (χ2n) is 6.32. The summed E-state index contributed by atoms with van der Waals surface area (Å²) in [6.07, 6.45) is 4.20. The molecule has 0 aliphatic rings. The molecule has 1 amide bonds. The van der Waals surface area contributed by atoms with Gasteiger partial charge in [0.2, 0.25) is 5.91 Å². The van der Waals surface area contributed by atoms with Crippen LogP contribution in [0.5, 0.6) is 0 Å². The van der Waals surface area contributed by atoms with Gasteiger partial charge in [0.15, 0.2) is 0 Å². The largest absolute Gasteiger partial charge is 0.392 e. The third kappa shape index (κ3) is 5.29. The molecule has 1 rings (SSSR count). The Morgan fingerprint density at radius 2 is 2.15 bits per heavy atom. The van der Waals surface area contributed by atoms with Gasteiger partial charge < -0.3 is 10.4 Å². The van der Waals surface area contributed by atoms with Crippen molar-refractivity contribution in [2.75, 3.05) is 6.54 Å². The van der Waals surface area contributed by atoms with Crippen molar-refractivity contribution in [2.24, 2.45) is 11.3 Å². The third-order valence-corrected chi connectivity index (χ3v) is 3.54. The Morgan fingerprint density at radius 3 is 2.70 bits per heavy atom. The van der Waals surface area contributed by atoms with Crippen molar-refractivity contribution in [1.29, 1.82) is 0 Å². The summed E-state index contributed by atoms with van der Waals surface area (Å²) in [4.78, 5) is 15.9. The summed E-state index contributed by atoms with van der Waals surface area (Å²) >= 11 is 0. The molecule has 0 aliphatic carbocycles. The van der Waals surface area contributed by atoms with Gasteiger partial charge in [-0.1, -0.05) is 33.8 Å². The molecule has 1 unspecified atom stereocenters. The summed E-state index contributed by atoms with van der Waals surface area (Å²) in [7, 11) is 0. The van der Waals surface area contributed by atoms with Crippen LogP contribution in [0.1, 0.15) is 39.7 Å². The lowest BCUT2D eigenvalue weighted by Crippen LogP contribution is -2.43. The Balaban J connectivity index is 2.36. The highest BCUT2D eigenvalue weighted by molar-refractivity contribution is 5.76. The van der Waals surface area contributed by atoms with Crippen molar-refractivity contribution < 1.29 is 9.90 Å². The third-order valence-electron chi connectivity index (χ3n) is 3.54. The van der Waals surface area contributed by atoms with E-state index in [1.165, 1.54) is 0 Å². The van der Waals surface area contributed by atoms with E-state index in [0.717, 1.165) is 5.56 Å². The van der Waals surface area contributed by atoms with E-state index in [1.807, 2.05) is 39.8 Å². The number of amides is 1. The number of pyridine rings is 1. The standard InChI is InChI=1S/C16H26N2O2/c1-12(2)15(20)16(3,4)11-18-14(19)8-7-13-6-5-9-17-10-13/h5-6,9-10,12,15,20H,7-8,11H2,1-4H3,(H,18,19). The first-order valence-corrected chi connectivity index (χ1v) is 7.16. The van der Waals surface area contributed by atoms with Crippen molar-refractivity contribution in [3.05, 3.63) is 30.1 Å². The van der Waals surface area contributed by atoms with Crippen LogP contribution in [0.15, 0.2) is 24.5 Å². The molecule has 0 saturated heterocycles. The van der Waals surface area contributed by atoms with Crippen LogP contribution in [0.25, 0.3) is 0 Å². The molecule has 1 aromatic rings. The smallest absolute Gasteiger partial charge is 0.220 e. The molecular weight excluding hydrogens is 252 g/mol. The van der Waals surface area contributed by atoms with E-state index in [0.29, 0.717) is 19.4 Å². The summed E-state index contributed by atoms with van der Waals surface area (Å²) in [6, 6.07) is 3.84. The molecule has 112 valence electrons. The summed E-state index contributed by atoms with van der Waals surface area (Å²) in [5.74, 6) is 0.190. The molecule has 20 heavy (non-hydrogen) atoms. The van der Waals surface area contributed by atoms with Crippen molar-refractivity contribution in [1.82, 2.24) is 10.3 Å². The lowest BCUT2D eigenvalue weighted by atomic mass is 9.80. The van der Waals surface area contributed by atoms with E-state index in [2.05, 4.69) is 10.3 Å². The fraction of sp³-hybridized carbons (Fsp3) is 0.625. The van der Waals surface area contributed by atoms with Crippen LogP contribution in [-0.2, 0) is 11.2 Å². The maximum Gasteiger partial charge on any atom is 0.220 e. The first-order valence-electron chi connectivity index (χ1n) is 7.16. The van der Waals surface area contributed by atoms with Crippen LogP contribution in [0.3, 0.4) is 0 Å². The van der Waals surface area contributed by atoms with Crippen molar-refractivity contribution in [3.63, 3.8) is 0 Å². The van der Waals surface area contributed by atoms with Crippen molar-refractivity contribution >= 4 is 5.91 Å². The lowest BCUT2D eigenvalue weighted by Gasteiger charge is -2.33. The lowest BCUT2D eigenvalue weighted by molar-refractivity contribution is -0.122. The minimum Gasteiger partial charge on any atom is -0.392 e. The summed E-state index contributed by atoms with van der Waals surface area (Å²) < 4.78 is 0. The molecule has 4 nitrogen and oxygen atoms in total. The van der Waals surface area contributed by atoms with E-state index in [-0.39, 0.29) is 17.2 Å². The number of nitrogens with zero attached hydrogens (tertiary/aromatic N) is 1. The Morgan fingerprint density at radius 1 is 1.45 bits per heavy atom. The summed E-state index contributed by atoms with van der Waals surface area (Å²) in [5, 5.41) is 13.0. The Kier molecular flexibility index (Phi) is 6.14. The highest BCUT2D eigenvalue weighted by atomic mass is 16.3. The van der Waals surface area contributed by atoms with Gasteiger partial charge in [0.25, 0.3) is 0 Å². The van der Waals surface area contributed by atoms with Crippen LogP contribution in [0.2, 0.25) is 0 Å². The van der Waals surface area contributed by atoms with Crippen LogP contribution < -0.4 is 5.32 Å². The van der Waals surface area contributed by atoms with Crippen LogP contribution >= 0.6 is 0 Å². The van der Waals surface area contributed by atoms with Gasteiger partial charge in [-0.3, -0.25) is 9.78 Å². The van der Waals surface area contributed by atoms with Crippen molar-refractivity contribution in [3.8, 4) is 0 Å².